The summed E-state index contributed by atoms with van der Waals surface area (Å²) in [5, 5.41) is 11.1. The van der Waals surface area contributed by atoms with Crippen molar-refractivity contribution in [3.8, 4) is 68.3 Å². The number of nitrogens with two attached hydrogens (primary N) is 1. The van der Waals surface area contributed by atoms with Crippen LogP contribution >= 0.6 is 0 Å². The molecule has 3 aromatic carbocycles. The summed E-state index contributed by atoms with van der Waals surface area (Å²) in [6, 6.07) is 33.0. The summed E-state index contributed by atoms with van der Waals surface area (Å²) in [6.07, 6.45) is -3.45. The molecule has 0 spiro atoms. The Bertz CT molecular complexity index is 5090. The fourth-order valence-corrected chi connectivity index (χ4v) is 12.3. The molecule has 9 heterocycles. The van der Waals surface area contributed by atoms with Gasteiger partial charge in [-0.15, -0.1) is 26.3 Å². The summed E-state index contributed by atoms with van der Waals surface area (Å²) in [6.45, 7) is 8.70. The number of hydrogen-bond donors (Lipinski definition) is 6. The van der Waals surface area contributed by atoms with Crippen molar-refractivity contribution in [3.63, 3.8) is 0 Å². The lowest BCUT2D eigenvalue weighted by Crippen LogP contribution is -2.31. The highest BCUT2D eigenvalue weighted by molar-refractivity contribution is 6.03. The molecule has 7 N–H and O–H groups in total. The summed E-state index contributed by atoms with van der Waals surface area (Å²) >= 11 is 0. The number of aryl methyl sites for hydroxylation is 3. The average Bonchev–Trinajstić information content (AvgIpc) is 1.59. The quantitative estimate of drug-likeness (QED) is 0.0435. The number of alkyl halides is 6. The van der Waals surface area contributed by atoms with Gasteiger partial charge in [0.1, 0.15) is 17.5 Å². The number of ether oxygens (including phenoxy) is 7. The Morgan fingerprint density at radius 2 is 0.837 bits per heavy atom. The molecule has 4 amide bonds. The molecule has 9 aromatic rings. The monoisotopic (exact) mass is 1430 g/mol. The molecule has 0 saturated heterocycles. The van der Waals surface area contributed by atoms with Gasteiger partial charge in [-0.3, -0.25) is 28.8 Å². The Hall–Kier alpha value is -12.0. The third kappa shape index (κ3) is 14.9. The van der Waals surface area contributed by atoms with E-state index < -0.39 is 41.2 Å². The van der Waals surface area contributed by atoms with Crippen molar-refractivity contribution in [2.75, 3.05) is 35.6 Å². The largest absolute Gasteiger partial charge is 0.586 e. The number of nitrogens with zero attached hydrogens (tertiary/aromatic N) is 5. The van der Waals surface area contributed by atoms with Crippen LogP contribution in [0.5, 0.6) is 34.5 Å². The summed E-state index contributed by atoms with van der Waals surface area (Å²) < 4.78 is 115. The fourth-order valence-electron chi connectivity index (χ4n) is 12.3. The van der Waals surface area contributed by atoms with E-state index in [9.17, 15) is 59.9 Å². The minimum absolute atomic E-state index is 0.0595. The van der Waals surface area contributed by atoms with Crippen molar-refractivity contribution in [1.82, 2.24) is 34.4 Å². The number of nitrogens with one attached hydrogen (secondary N) is 5. The summed E-state index contributed by atoms with van der Waals surface area (Å²) in [5.74, 6) is -0.359. The van der Waals surface area contributed by atoms with Gasteiger partial charge in [0.15, 0.2) is 34.5 Å². The van der Waals surface area contributed by atoms with Crippen LogP contribution in [0.1, 0.15) is 78.8 Å². The van der Waals surface area contributed by atoms with E-state index in [0.717, 1.165) is 22.3 Å². The lowest BCUT2D eigenvalue weighted by molar-refractivity contribution is -0.287. The van der Waals surface area contributed by atoms with Crippen molar-refractivity contribution in [2.45, 2.75) is 114 Å². The average molecular weight is 1430 g/mol. The number of halogens is 6. The van der Waals surface area contributed by atoms with Gasteiger partial charge in [0.2, 0.25) is 23.3 Å². The normalized spacial score (nSPS) is 16.6. The zero-order chi connectivity index (χ0) is 73.7. The number of carbonyl (C=O) groups is 4. The zero-order valence-corrected chi connectivity index (χ0v) is 55.9. The van der Waals surface area contributed by atoms with E-state index in [1.165, 1.54) is 63.7 Å². The summed E-state index contributed by atoms with van der Waals surface area (Å²) in [5.41, 5.74) is 10.6. The maximum absolute atomic E-state index is 13.4. The molecule has 6 aromatic heterocycles. The number of alkyl carbamates (subject to hydrolysis) is 1. The number of hydrogen-bond acceptors (Lipinski definition) is 18. The first kappa shape index (κ1) is 70.4. The maximum atomic E-state index is 13.4. The molecule has 6 aliphatic rings. The highest BCUT2D eigenvalue weighted by Crippen LogP contribution is 2.55. The number of aromatic amines is 1. The number of benzene rings is 3. The minimum Gasteiger partial charge on any atom is -0.450 e. The first-order valence-corrected chi connectivity index (χ1v) is 32.9. The number of H-pyrrole nitrogens is 1. The molecule has 31 heteroatoms. The molecule has 3 saturated carbocycles. The van der Waals surface area contributed by atoms with Gasteiger partial charge in [0.05, 0.1) is 39.9 Å². The van der Waals surface area contributed by atoms with E-state index >= 15 is 0 Å². The molecule has 3 aliphatic carbocycles. The molecule has 0 radical (unpaired) electrons. The number of carbonyl (C=O) groups excluding carboxylic acids is 4. The van der Waals surface area contributed by atoms with E-state index in [1.54, 1.807) is 86.2 Å². The molecule has 104 heavy (non-hydrogen) atoms. The Balaban J connectivity index is 0.000000140. The molecule has 0 unspecified atom stereocenters. The first-order chi connectivity index (χ1) is 49.6. The van der Waals surface area contributed by atoms with E-state index in [2.05, 4.69) is 69.6 Å². The highest BCUT2D eigenvalue weighted by Gasteiger charge is 2.56. The van der Waals surface area contributed by atoms with Crippen molar-refractivity contribution in [2.24, 2.45) is 5.73 Å². The predicted molar refractivity (Wildman–Crippen MR) is 363 cm³/mol. The second-order valence-electron chi connectivity index (χ2n) is 25.5. The second-order valence-corrected chi connectivity index (χ2v) is 25.5. The number of aromatic nitrogens is 6. The van der Waals surface area contributed by atoms with Crippen LogP contribution in [0.2, 0.25) is 0 Å². The van der Waals surface area contributed by atoms with Crippen LogP contribution in [0.25, 0.3) is 33.8 Å². The minimum atomic E-state index is -3.73. The second kappa shape index (κ2) is 27.4. The van der Waals surface area contributed by atoms with Crippen LogP contribution in [-0.4, -0.2) is 91.5 Å². The highest BCUT2D eigenvalue weighted by atomic mass is 19.3. The molecule has 538 valence electrons. The Labute approximate surface area is 586 Å². The van der Waals surface area contributed by atoms with Crippen LogP contribution in [0.3, 0.4) is 0 Å². The topological polar surface area (TPSA) is 323 Å². The molecule has 3 aliphatic heterocycles. The van der Waals surface area contributed by atoms with Crippen LogP contribution in [-0.2, 0) is 48.5 Å². The number of pyridine rings is 6. The molecule has 0 atom stereocenters. The van der Waals surface area contributed by atoms with E-state index in [0.29, 0.717) is 114 Å². The zero-order valence-electron chi connectivity index (χ0n) is 55.9. The SMILES string of the molecule is CCOC(=O)NCCn1cc(-c2nc(NC(=O)C3(c4ccc5c(c4)OC(F)(F)O5)CC3)ccc2C)ccc1=O.Cc1ccc(NC(=O)C2(c3ccc4c(c3)OC(F)(F)O4)CC2)nc1-c1ccc(=O)[nH]c1.Cc1ccc(NC(=O)C2(c3ccc4c(c3)OC(F)(F)O4)CC2)nc1-c1ccc(=O)n(CCN)c1. The van der Waals surface area contributed by atoms with Gasteiger partial charge in [-0.25, -0.2) is 19.7 Å². The van der Waals surface area contributed by atoms with Crippen molar-refractivity contribution >= 4 is 41.3 Å². The smallest absolute Gasteiger partial charge is 0.450 e. The van der Waals surface area contributed by atoms with E-state index in [-0.39, 0.29) is 88.6 Å². The third-order valence-electron chi connectivity index (χ3n) is 18.3. The van der Waals surface area contributed by atoms with Crippen LogP contribution < -0.4 is 72.1 Å². The van der Waals surface area contributed by atoms with Gasteiger partial charge in [0, 0.05) is 79.7 Å². The Morgan fingerprint density at radius 3 is 1.18 bits per heavy atom. The fraction of sp³-hybridized carbons (Fsp3) is 0.288. The number of rotatable bonds is 18. The van der Waals surface area contributed by atoms with Crippen molar-refractivity contribution in [3.05, 3.63) is 210 Å². The number of fused-ring (bicyclic) bond motifs is 3. The Morgan fingerprint density at radius 1 is 0.481 bits per heavy atom. The first-order valence-electron chi connectivity index (χ1n) is 32.9. The molecule has 0 bridgehead atoms. The van der Waals surface area contributed by atoms with Crippen LogP contribution in [0, 0.1) is 20.8 Å². The van der Waals surface area contributed by atoms with Gasteiger partial charge in [0.25, 0.3) is 11.1 Å². The van der Waals surface area contributed by atoms with Gasteiger partial charge in [-0.2, -0.15) is 0 Å². The van der Waals surface area contributed by atoms with Gasteiger partial charge < -0.3 is 74.3 Å². The van der Waals surface area contributed by atoms with Crippen LogP contribution in [0.4, 0.5) is 48.6 Å². The lowest BCUT2D eigenvalue weighted by atomic mass is 9.94. The van der Waals surface area contributed by atoms with Crippen LogP contribution in [0.15, 0.2) is 160 Å². The molecule has 15 rings (SSSR count). The van der Waals surface area contributed by atoms with Gasteiger partial charge in [-0.05, 0) is 172 Å². The van der Waals surface area contributed by atoms with E-state index in [4.69, 9.17) is 10.5 Å². The maximum Gasteiger partial charge on any atom is 0.586 e. The molecular weight excluding hydrogens is 1370 g/mol. The molecule has 3 fully saturated rings. The number of amides is 4. The standard InChI is InChI=1S/C27H26F2N4O6.C24H22F2N4O4.C22H17F2N3O4/c1-3-37-25(36)30-12-13-33-15-17(5-9-22(33)34)23-16(2)4-8-21(31-23)32-24(35)26(10-11-26)18-6-7-19-20(14-18)39-27(28,29)38-19;1-14-2-6-19(28-21(14)15-3-7-20(31)30(13-15)11-10-27)29-22(32)23(8-9-23)16-4-5-17-18(12-16)34-24(25,26)33-17;1-12-2-6-17(26-19(12)13-3-7-18(28)25-11-13)27-20(29)21(8-9-21)14-4-5-15-16(10-14)31-22(23,24)30-15/h4-9,14-15H,3,10-13H2,1-2H3,(H,30,36)(H,31,32,35);2-7,12-13H,8-11,27H2,1H3,(H,28,29,32);2-7,10-11H,8-9H2,1H3,(H,25,28)(H,26,27,29). The molecule has 25 nitrogen and oxygen atoms in total. The van der Waals surface area contributed by atoms with E-state index in [1.807, 2.05) is 32.9 Å². The summed E-state index contributed by atoms with van der Waals surface area (Å²) in [7, 11) is 0. The number of anilines is 3. The third-order valence-corrected chi connectivity index (χ3v) is 18.3. The van der Waals surface area contributed by atoms with Gasteiger partial charge >= 0.3 is 25.0 Å². The van der Waals surface area contributed by atoms with Gasteiger partial charge in [-0.1, -0.05) is 36.4 Å². The van der Waals surface area contributed by atoms with Crippen molar-refractivity contribution < 1.29 is 78.7 Å². The summed E-state index contributed by atoms with van der Waals surface area (Å²) in [4.78, 5) is 103. The Kier molecular flexibility index (Phi) is 18.5. The lowest BCUT2D eigenvalue weighted by Gasteiger charge is -2.17. The van der Waals surface area contributed by atoms with Crippen molar-refractivity contribution in [1.29, 1.82) is 0 Å². The predicted octanol–water partition coefficient (Wildman–Crippen LogP) is 10.9. The molecular formula is C73H65F6N11O14.